The molecule has 0 aliphatic carbocycles. The molecule has 0 bridgehead atoms. The number of rotatable bonds is 18. The molecular weight excluding hydrogens is 1040 g/mol. The zero-order chi connectivity index (χ0) is 59.0. The summed E-state index contributed by atoms with van der Waals surface area (Å²) in [6, 6.07) is 38.9. The Bertz CT molecular complexity index is 3020. The molecule has 2 aliphatic rings. The summed E-state index contributed by atoms with van der Waals surface area (Å²) in [4.78, 5) is 76.0. The number of imidazole rings is 1. The molecule has 5 amide bonds. The summed E-state index contributed by atoms with van der Waals surface area (Å²) in [5.41, 5.74) is 9.01. The van der Waals surface area contributed by atoms with Gasteiger partial charge in [-0.15, -0.1) is 0 Å². The number of alkyl carbamates (subject to hydrolysis) is 2. The molecule has 0 saturated carbocycles. The third-order valence-electron chi connectivity index (χ3n) is 14.7. The second kappa shape index (κ2) is 28.6. The molecule has 8 rings (SSSR count). The van der Waals surface area contributed by atoms with E-state index in [1.54, 1.807) is 44.5 Å². The molecule has 19 nitrogen and oxygen atoms in total. The Morgan fingerprint density at radius 2 is 1.38 bits per heavy atom. The van der Waals surface area contributed by atoms with Gasteiger partial charge in [0.1, 0.15) is 17.8 Å². The highest BCUT2D eigenvalue weighted by atomic mass is 16.5. The Morgan fingerprint density at radius 3 is 2.01 bits per heavy atom. The van der Waals surface area contributed by atoms with Crippen molar-refractivity contribution in [3.8, 4) is 22.4 Å². The quantitative estimate of drug-likeness (QED) is 0.0457. The number of piperidine rings is 1. The number of amides is 5. The Labute approximate surface area is 481 Å². The van der Waals surface area contributed by atoms with Gasteiger partial charge in [0.15, 0.2) is 0 Å². The zero-order valence-electron chi connectivity index (χ0n) is 48.5. The number of hydrazine groups is 1. The number of hydrogen-bond acceptors (Lipinski definition) is 13. The highest BCUT2D eigenvalue weighted by Gasteiger charge is 2.39. The molecule has 2 fully saturated rings. The van der Waals surface area contributed by atoms with E-state index >= 15 is 0 Å². The average Bonchev–Trinajstić information content (AvgIpc) is 4.15. The molecule has 6 aromatic rings. The largest absolute Gasteiger partial charge is 0.453 e. The molecule has 7 atom stereocenters. The summed E-state index contributed by atoms with van der Waals surface area (Å²) in [6.45, 7) is 16.0. The van der Waals surface area contributed by atoms with Gasteiger partial charge < -0.3 is 50.1 Å². The number of likely N-dealkylation sites (tertiary alicyclic amines) is 1. The molecule has 2 saturated heterocycles. The number of aliphatic hydroxyl groups is 1. The number of nitrogens with zero attached hydrogens (tertiary/aromatic N) is 5. The van der Waals surface area contributed by atoms with Crippen molar-refractivity contribution in [2.75, 3.05) is 47.0 Å². The lowest BCUT2D eigenvalue weighted by Crippen LogP contribution is -2.60. The second-order valence-electron chi connectivity index (χ2n) is 22.8. The van der Waals surface area contributed by atoms with E-state index in [1.807, 2.05) is 109 Å². The van der Waals surface area contributed by atoms with Crippen LogP contribution in [0, 0.1) is 10.8 Å². The van der Waals surface area contributed by atoms with Crippen LogP contribution in [0.2, 0.25) is 0 Å². The number of fused-ring (bicyclic) bond motifs is 1. The standard InChI is InChI=1S/C38H52N6O7.C25H28N4O2/c1-37(2,3)31(41-35(48)50-7)33(46)40-29(22-25-14-10-9-11-15-25)30(45)24-44(43-34(47)32(38(4,5)6)42-36(49)51-8)23-26-17-19-27(20-18-26)28-16-12-13-21-39-28;1-18(20-9-5-6-10-21(20)19-7-3-2-4-8-19)29-17-26-15-23(29)25(30)28-13-11-22-24(16-28)31-14-12-27-22/h9-21,29-32,45H,22-24H2,1-8H3,(H,40,46)(H,41,48)(H,42,49)(H,43,47);2-10,15,17-18,22,24,27H,11-14,16H2,1H3/t29-,30-,31+,32+;18-,22+,24+/m00/s1. The number of benzene rings is 4. The first kappa shape index (κ1) is 61.6. The van der Waals surface area contributed by atoms with Gasteiger partial charge in [-0.25, -0.2) is 19.6 Å². The lowest BCUT2D eigenvalue weighted by atomic mass is 9.85. The molecule has 0 radical (unpaired) electrons. The summed E-state index contributed by atoms with van der Waals surface area (Å²) < 4.78 is 17.4. The van der Waals surface area contributed by atoms with E-state index in [2.05, 4.69) is 92.1 Å². The highest BCUT2D eigenvalue weighted by molar-refractivity contribution is 5.93. The third kappa shape index (κ3) is 16.8. The maximum absolute atomic E-state index is 13.8. The van der Waals surface area contributed by atoms with Crippen LogP contribution in [0.5, 0.6) is 0 Å². The first-order valence-electron chi connectivity index (χ1n) is 27.8. The fourth-order valence-electron chi connectivity index (χ4n) is 10.2. The van der Waals surface area contributed by atoms with Crippen molar-refractivity contribution in [1.29, 1.82) is 0 Å². The predicted molar refractivity (Wildman–Crippen MR) is 314 cm³/mol. The number of carbonyl (C=O) groups is 5. The van der Waals surface area contributed by atoms with Gasteiger partial charge in [0.05, 0.1) is 63.3 Å². The first-order chi connectivity index (χ1) is 39.2. The summed E-state index contributed by atoms with van der Waals surface area (Å²) in [5.74, 6) is -1.01. The Hall–Kier alpha value is -7.97. The molecule has 19 heteroatoms. The summed E-state index contributed by atoms with van der Waals surface area (Å²) >= 11 is 0. The topological polar surface area (TPSA) is 231 Å². The van der Waals surface area contributed by atoms with Gasteiger partial charge in [-0.1, -0.05) is 157 Å². The van der Waals surface area contributed by atoms with Gasteiger partial charge in [0.2, 0.25) is 5.91 Å². The molecular formula is C63H80N10O9. The first-order valence-corrected chi connectivity index (χ1v) is 27.8. The number of morpholine rings is 1. The fourth-order valence-corrected chi connectivity index (χ4v) is 10.2. The number of aromatic nitrogens is 3. The van der Waals surface area contributed by atoms with Gasteiger partial charge in [0.25, 0.3) is 11.8 Å². The maximum Gasteiger partial charge on any atom is 0.407 e. The predicted octanol–water partition coefficient (Wildman–Crippen LogP) is 7.57. The van der Waals surface area contributed by atoms with Crippen LogP contribution >= 0.6 is 0 Å². The van der Waals surface area contributed by atoms with Crippen molar-refractivity contribution in [2.45, 2.75) is 110 Å². The van der Waals surface area contributed by atoms with Gasteiger partial charge in [-0.2, -0.15) is 0 Å². The van der Waals surface area contributed by atoms with Crippen molar-refractivity contribution in [2.24, 2.45) is 10.8 Å². The molecule has 436 valence electrons. The van der Waals surface area contributed by atoms with Gasteiger partial charge in [-0.3, -0.25) is 24.8 Å². The van der Waals surface area contributed by atoms with Crippen LogP contribution in [0.3, 0.4) is 0 Å². The van der Waals surface area contributed by atoms with Crippen LogP contribution in [0.25, 0.3) is 22.4 Å². The lowest BCUT2D eigenvalue weighted by Gasteiger charge is -2.41. The van der Waals surface area contributed by atoms with E-state index in [1.165, 1.54) is 30.9 Å². The fraction of sp³-hybridized carbons (Fsp3) is 0.413. The summed E-state index contributed by atoms with van der Waals surface area (Å²) in [5, 5.41) is 25.1. The molecule has 82 heavy (non-hydrogen) atoms. The van der Waals surface area contributed by atoms with Crippen LogP contribution in [0.1, 0.15) is 88.1 Å². The zero-order valence-corrected chi connectivity index (χ0v) is 48.5. The van der Waals surface area contributed by atoms with E-state index in [0.717, 1.165) is 41.9 Å². The summed E-state index contributed by atoms with van der Waals surface area (Å²) in [6.07, 6.45) is 3.66. The third-order valence-corrected chi connectivity index (χ3v) is 14.7. The van der Waals surface area contributed by atoms with Gasteiger partial charge in [0, 0.05) is 50.5 Å². The number of pyridine rings is 1. The van der Waals surface area contributed by atoms with E-state index in [-0.39, 0.29) is 37.6 Å². The Morgan fingerprint density at radius 1 is 0.756 bits per heavy atom. The number of aliphatic hydroxyl groups excluding tert-OH is 1. The van der Waals surface area contributed by atoms with Gasteiger partial charge >= 0.3 is 12.2 Å². The van der Waals surface area contributed by atoms with E-state index in [4.69, 9.17) is 14.2 Å². The minimum atomic E-state index is -1.22. The molecule has 2 aromatic heterocycles. The van der Waals surface area contributed by atoms with Gasteiger partial charge in [-0.05, 0) is 70.5 Å². The molecule has 4 heterocycles. The SMILES string of the molecule is COC(=O)N[C@H](C(=O)N[C@@H](Cc1ccccc1)[C@@H](O)CN(Cc1ccc(-c2ccccn2)cc1)NC(=O)[C@@H](NC(=O)OC)C(C)(C)C)C(C)(C)C.C[C@@H](c1ccccc1-c1ccccc1)n1cncc1C(=O)N1CC[C@H]2NCCO[C@@H]2C1. The number of carbonyl (C=O) groups excluding carboxylic acids is 5. The Kier molecular flexibility index (Phi) is 21.5. The average molecular weight is 1120 g/mol. The van der Waals surface area contributed by atoms with E-state index in [9.17, 15) is 29.1 Å². The van der Waals surface area contributed by atoms with Crippen LogP contribution in [0.15, 0.2) is 146 Å². The second-order valence-corrected chi connectivity index (χ2v) is 22.8. The van der Waals surface area contributed by atoms with Crippen molar-refractivity contribution in [3.05, 3.63) is 168 Å². The summed E-state index contributed by atoms with van der Waals surface area (Å²) in [7, 11) is 2.44. The number of nitrogens with one attached hydrogen (secondary N) is 5. The number of methoxy groups -OCH3 is 2. The lowest BCUT2D eigenvalue weighted by molar-refractivity contribution is -0.132. The molecule has 6 N–H and O–H groups in total. The molecule has 2 aliphatic heterocycles. The van der Waals surface area contributed by atoms with E-state index in [0.29, 0.717) is 24.9 Å². The maximum atomic E-state index is 13.8. The Balaban J connectivity index is 0.000000264. The van der Waals surface area contributed by atoms with E-state index < -0.39 is 59.1 Å². The molecule has 0 unspecified atom stereocenters. The molecule has 4 aromatic carbocycles. The number of ether oxygens (including phenoxy) is 3. The van der Waals surface area contributed by atoms with Crippen LogP contribution < -0.4 is 26.7 Å². The number of hydrogen-bond donors (Lipinski definition) is 6. The minimum Gasteiger partial charge on any atom is -0.453 e. The normalized spacial score (nSPS) is 17.0. The van der Waals surface area contributed by atoms with Crippen molar-refractivity contribution >= 4 is 29.9 Å². The molecule has 0 spiro atoms. The smallest absolute Gasteiger partial charge is 0.407 e. The van der Waals surface area contributed by atoms with Crippen LogP contribution in [-0.4, -0.2) is 143 Å². The van der Waals surface area contributed by atoms with Crippen molar-refractivity contribution < 1.29 is 43.3 Å². The van der Waals surface area contributed by atoms with Crippen LogP contribution in [0.4, 0.5) is 9.59 Å². The van der Waals surface area contributed by atoms with Crippen molar-refractivity contribution in [3.63, 3.8) is 0 Å². The monoisotopic (exact) mass is 1120 g/mol. The minimum absolute atomic E-state index is 0.0224. The highest BCUT2D eigenvalue weighted by Crippen LogP contribution is 2.32. The van der Waals surface area contributed by atoms with Crippen molar-refractivity contribution in [1.82, 2.24) is 51.1 Å². The van der Waals surface area contributed by atoms with Crippen LogP contribution in [-0.2, 0) is 36.8 Å².